The summed E-state index contributed by atoms with van der Waals surface area (Å²) in [6.07, 6.45) is 0. The van der Waals surface area contributed by atoms with E-state index in [4.69, 9.17) is 0 Å². The van der Waals surface area contributed by atoms with Crippen molar-refractivity contribution in [3.8, 4) is 22.5 Å². The van der Waals surface area contributed by atoms with E-state index in [1.807, 2.05) is 0 Å². The molecule has 0 amide bonds. The Hall–Kier alpha value is -4.65. The highest BCUT2D eigenvalue weighted by molar-refractivity contribution is 7.27. The third-order valence-electron chi connectivity index (χ3n) is 7.84. The van der Waals surface area contributed by atoms with Gasteiger partial charge in [0.15, 0.2) is 0 Å². The van der Waals surface area contributed by atoms with Crippen molar-refractivity contribution < 1.29 is 0 Å². The topological polar surface area (TPSA) is 9.86 Å². The van der Waals surface area contributed by atoms with Crippen LogP contribution in [0.25, 0.3) is 66.1 Å². The first-order valence-electron chi connectivity index (χ1n) is 13.2. The molecule has 3 heteroatoms. The van der Waals surface area contributed by atoms with Crippen LogP contribution in [0.4, 0.5) is 0 Å². The number of rotatable bonds is 3. The average molecular weight is 517 g/mol. The van der Waals surface area contributed by atoms with Gasteiger partial charge in [0.1, 0.15) is 0 Å². The Morgan fingerprint density at radius 2 is 0.795 bits per heavy atom. The molecule has 39 heavy (non-hydrogen) atoms. The summed E-state index contributed by atoms with van der Waals surface area (Å²) in [6.45, 7) is 0. The van der Waals surface area contributed by atoms with Gasteiger partial charge in [0, 0.05) is 32.9 Å². The van der Waals surface area contributed by atoms with Crippen LogP contribution < -0.4 is 5.30 Å². The smallest absolute Gasteiger partial charge is 0.0541 e. The molecule has 2 aromatic heterocycles. The van der Waals surface area contributed by atoms with E-state index in [0.29, 0.717) is 0 Å². The molecular weight excluding hydrogens is 491 g/mol. The highest BCUT2D eigenvalue weighted by Crippen LogP contribution is 2.38. The zero-order chi connectivity index (χ0) is 25.9. The maximum Gasteiger partial charge on any atom is 0.0541 e. The molecule has 8 rings (SSSR count). The summed E-state index contributed by atoms with van der Waals surface area (Å²) in [7, 11) is 2.78. The molecule has 1 unspecified atom stereocenters. The van der Waals surface area contributed by atoms with Crippen LogP contribution in [0.5, 0.6) is 0 Å². The molecular formula is C36H25N2P. The Kier molecular flexibility index (Phi) is 4.98. The minimum absolute atomic E-state index is 1.18. The minimum atomic E-state index is 1.18. The number of para-hydroxylation sites is 3. The lowest BCUT2D eigenvalue weighted by Gasteiger charge is -2.09. The van der Waals surface area contributed by atoms with Crippen LogP contribution in [-0.4, -0.2) is 9.13 Å². The fraction of sp³-hybridized carbons (Fsp3) is 0. The van der Waals surface area contributed by atoms with Crippen LogP contribution in [0.15, 0.2) is 140 Å². The van der Waals surface area contributed by atoms with E-state index >= 15 is 0 Å². The summed E-state index contributed by atoms with van der Waals surface area (Å²) >= 11 is 0. The van der Waals surface area contributed by atoms with Gasteiger partial charge in [0.25, 0.3) is 0 Å². The fourth-order valence-electron chi connectivity index (χ4n) is 6.06. The molecule has 1 atom stereocenters. The molecule has 6 aromatic carbocycles. The van der Waals surface area contributed by atoms with Gasteiger partial charge in [-0.1, -0.05) is 78.9 Å². The summed E-state index contributed by atoms with van der Waals surface area (Å²) in [4.78, 5) is 0. The SMILES string of the molecule is Pc1ccc(-n2c3ccccc3c3cc(-c4ccc5c(c4)c4ccccc4n5-c4ccccc4)ccc32)cc1. The van der Waals surface area contributed by atoms with E-state index in [-0.39, 0.29) is 0 Å². The van der Waals surface area contributed by atoms with Crippen molar-refractivity contribution in [3.63, 3.8) is 0 Å². The molecule has 184 valence electrons. The molecule has 0 N–H and O–H groups in total. The molecule has 0 aliphatic carbocycles. The molecule has 0 aliphatic rings. The Morgan fingerprint density at radius 3 is 1.33 bits per heavy atom. The molecule has 2 nitrogen and oxygen atoms in total. The quantitative estimate of drug-likeness (QED) is 0.207. The zero-order valence-electron chi connectivity index (χ0n) is 21.3. The van der Waals surface area contributed by atoms with Gasteiger partial charge >= 0.3 is 0 Å². The number of hydrogen-bond donors (Lipinski definition) is 0. The Morgan fingerprint density at radius 1 is 0.359 bits per heavy atom. The van der Waals surface area contributed by atoms with Crippen LogP contribution in [0.1, 0.15) is 0 Å². The van der Waals surface area contributed by atoms with Crippen LogP contribution >= 0.6 is 9.24 Å². The van der Waals surface area contributed by atoms with Crippen molar-refractivity contribution in [2.45, 2.75) is 0 Å². The van der Waals surface area contributed by atoms with Gasteiger partial charge in [-0.25, -0.2) is 0 Å². The summed E-state index contributed by atoms with van der Waals surface area (Å²) in [5, 5.41) is 6.27. The van der Waals surface area contributed by atoms with E-state index in [2.05, 4.69) is 158 Å². The second-order valence-electron chi connectivity index (χ2n) is 10.1. The normalized spacial score (nSPS) is 11.7. The second kappa shape index (κ2) is 8.70. The number of aromatic nitrogens is 2. The predicted molar refractivity (Wildman–Crippen MR) is 170 cm³/mol. The van der Waals surface area contributed by atoms with Crippen LogP contribution in [0.3, 0.4) is 0 Å². The van der Waals surface area contributed by atoms with Crippen molar-refractivity contribution in [2.75, 3.05) is 0 Å². The van der Waals surface area contributed by atoms with Gasteiger partial charge in [-0.05, 0) is 77.1 Å². The Bertz CT molecular complexity index is 2170. The molecule has 0 saturated carbocycles. The van der Waals surface area contributed by atoms with E-state index < -0.39 is 0 Å². The first kappa shape index (κ1) is 22.3. The summed E-state index contributed by atoms with van der Waals surface area (Å²) in [5.41, 5.74) is 9.71. The van der Waals surface area contributed by atoms with E-state index in [1.165, 1.54) is 71.4 Å². The lowest BCUT2D eigenvalue weighted by Crippen LogP contribution is -1.96. The number of fused-ring (bicyclic) bond motifs is 6. The maximum absolute atomic E-state index is 2.78. The second-order valence-corrected chi connectivity index (χ2v) is 10.8. The van der Waals surface area contributed by atoms with Gasteiger partial charge in [-0.15, -0.1) is 9.24 Å². The van der Waals surface area contributed by atoms with Gasteiger partial charge in [-0.3, -0.25) is 0 Å². The van der Waals surface area contributed by atoms with Crippen molar-refractivity contribution in [1.29, 1.82) is 0 Å². The van der Waals surface area contributed by atoms with Gasteiger partial charge in [0.05, 0.1) is 22.1 Å². The summed E-state index contributed by atoms with van der Waals surface area (Å²) < 4.78 is 4.74. The van der Waals surface area contributed by atoms with Crippen LogP contribution in [0, 0.1) is 0 Å². The monoisotopic (exact) mass is 516 g/mol. The van der Waals surface area contributed by atoms with Gasteiger partial charge in [-0.2, -0.15) is 0 Å². The molecule has 0 spiro atoms. The van der Waals surface area contributed by atoms with Crippen molar-refractivity contribution in [2.24, 2.45) is 0 Å². The highest BCUT2D eigenvalue weighted by atomic mass is 31.0. The van der Waals surface area contributed by atoms with Crippen LogP contribution in [0.2, 0.25) is 0 Å². The zero-order valence-corrected chi connectivity index (χ0v) is 22.4. The van der Waals surface area contributed by atoms with Gasteiger partial charge in [0.2, 0.25) is 0 Å². The maximum atomic E-state index is 2.78. The van der Waals surface area contributed by atoms with Crippen molar-refractivity contribution >= 4 is 58.2 Å². The fourth-order valence-corrected chi connectivity index (χ4v) is 6.25. The number of nitrogens with zero attached hydrogens (tertiary/aromatic N) is 2. The largest absolute Gasteiger partial charge is 0.309 e. The first-order chi connectivity index (χ1) is 19.3. The number of benzene rings is 6. The molecule has 0 fully saturated rings. The summed E-state index contributed by atoms with van der Waals surface area (Å²) in [6, 6.07) is 50.5. The predicted octanol–water partition coefficient (Wildman–Crippen LogP) is 9.05. The molecule has 0 radical (unpaired) electrons. The Labute approximate surface area is 228 Å². The number of hydrogen-bond acceptors (Lipinski definition) is 0. The molecule has 0 saturated heterocycles. The van der Waals surface area contributed by atoms with E-state index in [1.54, 1.807) is 0 Å². The molecule has 0 bridgehead atoms. The van der Waals surface area contributed by atoms with Crippen molar-refractivity contribution in [1.82, 2.24) is 9.13 Å². The average Bonchev–Trinajstić information content (AvgIpc) is 3.50. The Balaban J connectivity index is 1.35. The molecule has 8 aromatic rings. The van der Waals surface area contributed by atoms with E-state index in [0.717, 1.165) is 0 Å². The van der Waals surface area contributed by atoms with E-state index in [9.17, 15) is 0 Å². The lowest BCUT2D eigenvalue weighted by atomic mass is 10.0. The van der Waals surface area contributed by atoms with Crippen molar-refractivity contribution in [3.05, 3.63) is 140 Å². The molecule has 2 heterocycles. The first-order valence-corrected chi connectivity index (χ1v) is 13.8. The molecule has 0 aliphatic heterocycles. The lowest BCUT2D eigenvalue weighted by molar-refractivity contribution is 1.18. The van der Waals surface area contributed by atoms with Gasteiger partial charge < -0.3 is 9.13 Å². The third kappa shape index (κ3) is 3.46. The van der Waals surface area contributed by atoms with Crippen LogP contribution in [-0.2, 0) is 0 Å². The minimum Gasteiger partial charge on any atom is -0.309 e. The third-order valence-corrected chi connectivity index (χ3v) is 8.23. The standard InChI is InChI=1S/C36H25N2P/c39-28-18-16-27(17-19-28)38-34-13-7-5-11-30(34)32-23-25(15-21-36(32)38)24-14-20-35-31(22-24)29-10-4-6-12-33(29)37(35)26-8-2-1-3-9-26/h1-23H,39H2. The highest BCUT2D eigenvalue weighted by Gasteiger charge is 2.15. The summed E-state index contributed by atoms with van der Waals surface area (Å²) in [5.74, 6) is 0.